The number of carbonyl (C=O) groups excluding carboxylic acids is 2. The van der Waals surface area contributed by atoms with E-state index in [-0.39, 0.29) is 25.3 Å². The van der Waals surface area contributed by atoms with Crippen molar-refractivity contribution >= 4 is 17.6 Å². The van der Waals surface area contributed by atoms with Gasteiger partial charge in [-0.25, -0.2) is 4.79 Å². The molecule has 0 fully saturated rings. The zero-order chi connectivity index (χ0) is 21.1. The van der Waals surface area contributed by atoms with Crippen LogP contribution in [0.2, 0.25) is 0 Å². The number of esters is 1. The lowest BCUT2D eigenvalue weighted by Crippen LogP contribution is -2.24. The van der Waals surface area contributed by atoms with Crippen LogP contribution in [-0.2, 0) is 16.1 Å². The lowest BCUT2D eigenvalue weighted by Gasteiger charge is -2.20. The first-order chi connectivity index (χ1) is 14.1. The van der Waals surface area contributed by atoms with Gasteiger partial charge in [-0.05, 0) is 36.8 Å². The summed E-state index contributed by atoms with van der Waals surface area (Å²) in [5, 5.41) is 21.3. The smallest absolute Gasteiger partial charge is 0.338 e. The lowest BCUT2D eigenvalue weighted by atomic mass is 10.2. The molecule has 2 aromatic rings. The summed E-state index contributed by atoms with van der Waals surface area (Å²) < 4.78 is 4.92. The van der Waals surface area contributed by atoms with Gasteiger partial charge in [0.15, 0.2) is 0 Å². The zero-order valence-corrected chi connectivity index (χ0v) is 16.2. The van der Waals surface area contributed by atoms with E-state index in [9.17, 15) is 20.0 Å². The van der Waals surface area contributed by atoms with E-state index in [0.29, 0.717) is 17.8 Å². The van der Waals surface area contributed by atoms with Crippen LogP contribution >= 0.6 is 0 Å². The molecule has 0 aliphatic rings. The quantitative estimate of drug-likeness (QED) is 0.386. The summed E-state index contributed by atoms with van der Waals surface area (Å²) in [4.78, 5) is 25.9. The Bertz CT molecular complexity index is 887. The van der Waals surface area contributed by atoms with Crippen LogP contribution in [0.1, 0.15) is 22.8 Å². The van der Waals surface area contributed by atoms with Crippen molar-refractivity contribution in [2.45, 2.75) is 13.5 Å². The maximum Gasteiger partial charge on any atom is 0.338 e. The van der Waals surface area contributed by atoms with E-state index in [1.54, 1.807) is 24.0 Å². The third-order valence-corrected chi connectivity index (χ3v) is 3.95. The number of hydrogen-bond donors (Lipinski definition) is 2. The van der Waals surface area contributed by atoms with Gasteiger partial charge < -0.3 is 20.1 Å². The largest absolute Gasteiger partial charge is 0.462 e. The SMILES string of the molecule is CCOC(=O)c1ccc(NC(=O)/C(C#N)=C\N(CCO)Cc2ccccc2)cc1. The van der Waals surface area contributed by atoms with Gasteiger partial charge in [0.25, 0.3) is 5.91 Å². The van der Waals surface area contributed by atoms with Gasteiger partial charge in [0.05, 0.1) is 18.8 Å². The normalized spacial score (nSPS) is 10.7. The summed E-state index contributed by atoms with van der Waals surface area (Å²) in [6.45, 7) is 2.62. The number of rotatable bonds is 9. The van der Waals surface area contributed by atoms with E-state index >= 15 is 0 Å². The predicted octanol–water partition coefficient (Wildman–Crippen LogP) is 2.70. The first kappa shape index (κ1) is 21.7. The van der Waals surface area contributed by atoms with Crippen molar-refractivity contribution in [3.63, 3.8) is 0 Å². The molecule has 0 spiro atoms. The van der Waals surface area contributed by atoms with Gasteiger partial charge >= 0.3 is 5.97 Å². The number of amides is 1. The van der Waals surface area contributed by atoms with Gasteiger partial charge in [-0.1, -0.05) is 30.3 Å². The molecule has 0 heterocycles. The fraction of sp³-hybridized carbons (Fsp3) is 0.227. The summed E-state index contributed by atoms with van der Waals surface area (Å²) >= 11 is 0. The van der Waals surface area contributed by atoms with Gasteiger partial charge in [-0.2, -0.15) is 5.26 Å². The molecule has 1 amide bonds. The topological polar surface area (TPSA) is 103 Å². The number of carbonyl (C=O) groups is 2. The summed E-state index contributed by atoms with van der Waals surface area (Å²) in [7, 11) is 0. The molecule has 2 aromatic carbocycles. The summed E-state index contributed by atoms with van der Waals surface area (Å²) in [6, 6.07) is 17.6. The molecule has 150 valence electrons. The number of aliphatic hydroxyl groups is 1. The molecule has 0 unspecified atom stereocenters. The fourth-order valence-electron chi connectivity index (χ4n) is 2.56. The molecule has 29 heavy (non-hydrogen) atoms. The molecule has 0 aliphatic carbocycles. The average Bonchev–Trinajstić information content (AvgIpc) is 2.73. The highest BCUT2D eigenvalue weighted by Gasteiger charge is 2.13. The fourth-order valence-corrected chi connectivity index (χ4v) is 2.56. The monoisotopic (exact) mass is 393 g/mol. The Morgan fingerprint density at radius 1 is 1.17 bits per heavy atom. The van der Waals surface area contributed by atoms with Crippen molar-refractivity contribution in [1.29, 1.82) is 5.26 Å². The van der Waals surface area contributed by atoms with Gasteiger partial charge in [-0.15, -0.1) is 0 Å². The predicted molar refractivity (Wildman–Crippen MR) is 109 cm³/mol. The molecule has 7 nitrogen and oxygen atoms in total. The molecule has 0 atom stereocenters. The molecule has 7 heteroatoms. The molecular formula is C22H23N3O4. The van der Waals surface area contributed by atoms with E-state index in [1.165, 1.54) is 18.3 Å². The Kier molecular flexibility index (Phi) is 8.42. The third-order valence-electron chi connectivity index (χ3n) is 3.95. The van der Waals surface area contributed by atoms with Crippen molar-refractivity contribution in [1.82, 2.24) is 4.90 Å². The van der Waals surface area contributed by atoms with E-state index in [1.807, 2.05) is 36.4 Å². The molecule has 0 aliphatic heterocycles. The molecule has 0 aromatic heterocycles. The van der Waals surface area contributed by atoms with E-state index in [4.69, 9.17) is 4.74 Å². The maximum atomic E-state index is 12.5. The van der Waals surface area contributed by atoms with Crippen LogP contribution in [0.5, 0.6) is 0 Å². The van der Waals surface area contributed by atoms with E-state index in [0.717, 1.165) is 5.56 Å². The Hall–Kier alpha value is -3.63. The van der Waals surface area contributed by atoms with Crippen molar-refractivity contribution in [2.75, 3.05) is 25.1 Å². The van der Waals surface area contributed by atoms with Gasteiger partial charge in [0.1, 0.15) is 11.6 Å². The second-order valence-electron chi connectivity index (χ2n) is 6.09. The second kappa shape index (κ2) is 11.3. The number of nitrogens with one attached hydrogen (secondary N) is 1. The highest BCUT2D eigenvalue weighted by Crippen LogP contribution is 2.13. The molecule has 2 N–H and O–H groups in total. The Labute approximate surface area is 169 Å². The number of nitriles is 1. The van der Waals surface area contributed by atoms with Crippen molar-refractivity contribution < 1.29 is 19.4 Å². The minimum Gasteiger partial charge on any atom is -0.462 e. The third kappa shape index (κ3) is 6.79. The van der Waals surface area contributed by atoms with Crippen LogP contribution in [-0.4, -0.2) is 41.6 Å². The van der Waals surface area contributed by atoms with E-state index < -0.39 is 11.9 Å². The summed E-state index contributed by atoms with van der Waals surface area (Å²) in [6.07, 6.45) is 1.44. The minimum atomic E-state index is -0.576. The average molecular weight is 393 g/mol. The van der Waals surface area contributed by atoms with Crippen LogP contribution in [0.15, 0.2) is 66.4 Å². The molecule has 0 radical (unpaired) electrons. The van der Waals surface area contributed by atoms with Gasteiger partial charge in [0.2, 0.25) is 0 Å². The van der Waals surface area contributed by atoms with Gasteiger partial charge in [-0.3, -0.25) is 4.79 Å². The maximum absolute atomic E-state index is 12.5. The number of benzene rings is 2. The van der Waals surface area contributed by atoms with Crippen LogP contribution in [0.25, 0.3) is 0 Å². The van der Waals surface area contributed by atoms with Crippen LogP contribution in [0.4, 0.5) is 5.69 Å². The summed E-state index contributed by atoms with van der Waals surface area (Å²) in [5.41, 5.74) is 1.71. The Balaban J connectivity index is 2.09. The van der Waals surface area contributed by atoms with Crippen LogP contribution < -0.4 is 5.32 Å². The summed E-state index contributed by atoms with van der Waals surface area (Å²) in [5.74, 6) is -1.02. The second-order valence-corrected chi connectivity index (χ2v) is 6.09. The van der Waals surface area contributed by atoms with Crippen molar-refractivity contribution in [2.24, 2.45) is 0 Å². The molecule has 0 saturated carbocycles. The first-order valence-electron chi connectivity index (χ1n) is 9.16. The highest BCUT2D eigenvalue weighted by molar-refractivity contribution is 6.06. The molecular weight excluding hydrogens is 370 g/mol. The number of anilines is 1. The van der Waals surface area contributed by atoms with Crippen molar-refractivity contribution in [3.8, 4) is 6.07 Å². The lowest BCUT2D eigenvalue weighted by molar-refractivity contribution is -0.112. The van der Waals surface area contributed by atoms with E-state index in [2.05, 4.69) is 5.32 Å². The zero-order valence-electron chi connectivity index (χ0n) is 16.2. The molecule has 2 rings (SSSR count). The number of nitrogens with zero attached hydrogens (tertiary/aromatic N) is 2. The molecule has 0 saturated heterocycles. The Morgan fingerprint density at radius 3 is 2.45 bits per heavy atom. The Morgan fingerprint density at radius 2 is 1.86 bits per heavy atom. The number of aliphatic hydroxyl groups excluding tert-OH is 1. The number of ether oxygens (including phenoxy) is 1. The first-order valence-corrected chi connectivity index (χ1v) is 9.16. The molecule has 0 bridgehead atoms. The van der Waals surface area contributed by atoms with Crippen LogP contribution in [0, 0.1) is 11.3 Å². The number of hydrogen-bond acceptors (Lipinski definition) is 6. The minimum absolute atomic E-state index is 0.0937. The van der Waals surface area contributed by atoms with Crippen LogP contribution in [0.3, 0.4) is 0 Å². The van der Waals surface area contributed by atoms with Crippen molar-refractivity contribution in [3.05, 3.63) is 77.5 Å². The highest BCUT2D eigenvalue weighted by atomic mass is 16.5. The van der Waals surface area contributed by atoms with Gasteiger partial charge in [0, 0.05) is 25.0 Å². The standard InChI is InChI=1S/C22H23N3O4/c1-2-29-22(28)18-8-10-20(11-9-18)24-21(27)19(14-23)16-25(12-13-26)15-17-6-4-3-5-7-17/h3-11,16,26H,2,12-13,15H2,1H3,(H,24,27)/b19-16-.